The van der Waals surface area contributed by atoms with E-state index in [1.807, 2.05) is 42.5 Å². The molecule has 1 saturated heterocycles. The molecule has 0 spiro atoms. The van der Waals surface area contributed by atoms with Crippen LogP contribution in [0.2, 0.25) is 0 Å². The Kier molecular flexibility index (Phi) is 5.34. The van der Waals surface area contributed by atoms with Gasteiger partial charge in [-0.05, 0) is 37.1 Å². The maximum Gasteiger partial charge on any atom is 0.250 e. The molecule has 28 heavy (non-hydrogen) atoms. The van der Waals surface area contributed by atoms with Gasteiger partial charge in [0.15, 0.2) is 5.25 Å². The monoisotopic (exact) mass is 395 g/mol. The Morgan fingerprint density at radius 3 is 2.43 bits per heavy atom. The Balaban J connectivity index is 1.56. The van der Waals surface area contributed by atoms with E-state index in [0.717, 1.165) is 17.7 Å². The van der Waals surface area contributed by atoms with Gasteiger partial charge in [0, 0.05) is 23.7 Å². The van der Waals surface area contributed by atoms with Gasteiger partial charge in [-0.1, -0.05) is 30.3 Å². The molecule has 2 heterocycles. The number of para-hydroxylation sites is 2. The third kappa shape index (κ3) is 3.75. The van der Waals surface area contributed by atoms with Gasteiger partial charge in [-0.2, -0.15) is 0 Å². The number of hydrogen-bond acceptors (Lipinski definition) is 4. The van der Waals surface area contributed by atoms with Gasteiger partial charge in [0.1, 0.15) is 6.54 Å². The predicted octanol–water partition coefficient (Wildman–Crippen LogP) is 2.76. The van der Waals surface area contributed by atoms with Gasteiger partial charge in [0.25, 0.3) is 5.91 Å². The number of amides is 3. The molecule has 1 atom stereocenters. The molecule has 144 valence electrons. The molecule has 2 aliphatic rings. The zero-order chi connectivity index (χ0) is 19.5. The second kappa shape index (κ2) is 8.06. The van der Waals surface area contributed by atoms with E-state index in [-0.39, 0.29) is 24.3 Å². The molecule has 6 nitrogen and oxygen atoms in total. The van der Waals surface area contributed by atoms with E-state index < -0.39 is 5.25 Å². The third-order valence-electron chi connectivity index (χ3n) is 4.89. The largest absolute Gasteiger partial charge is 0.341 e. The number of nitrogens with one attached hydrogen (secondary N) is 1. The molecule has 7 heteroatoms. The molecule has 0 aliphatic carbocycles. The maximum absolute atomic E-state index is 13.2. The fourth-order valence-electron chi connectivity index (χ4n) is 3.51. The smallest absolute Gasteiger partial charge is 0.250 e. The van der Waals surface area contributed by atoms with Crippen molar-refractivity contribution in [1.82, 2.24) is 4.90 Å². The van der Waals surface area contributed by atoms with Crippen LogP contribution in [-0.4, -0.2) is 47.5 Å². The topological polar surface area (TPSA) is 69.7 Å². The average Bonchev–Trinajstić information content (AvgIpc) is 3.25. The predicted molar refractivity (Wildman–Crippen MR) is 109 cm³/mol. The first kappa shape index (κ1) is 18.6. The number of likely N-dealkylation sites (tertiary alicyclic amines) is 1. The van der Waals surface area contributed by atoms with Crippen LogP contribution < -0.4 is 10.2 Å². The summed E-state index contributed by atoms with van der Waals surface area (Å²) in [5.74, 6) is -0.784. The van der Waals surface area contributed by atoms with Gasteiger partial charge in [0.2, 0.25) is 11.8 Å². The molecule has 0 bridgehead atoms. The first-order chi connectivity index (χ1) is 13.6. The van der Waals surface area contributed by atoms with E-state index in [4.69, 9.17) is 0 Å². The summed E-state index contributed by atoms with van der Waals surface area (Å²) in [6.45, 7) is 1.26. The highest BCUT2D eigenvalue weighted by Crippen LogP contribution is 2.40. The Morgan fingerprint density at radius 1 is 1.00 bits per heavy atom. The molecular weight excluding hydrogens is 374 g/mol. The van der Waals surface area contributed by atoms with Crippen molar-refractivity contribution in [2.75, 3.05) is 29.9 Å². The number of nitrogens with zero attached hydrogens (tertiary/aromatic N) is 2. The Labute approximate surface area is 167 Å². The van der Waals surface area contributed by atoms with Crippen LogP contribution in [0.5, 0.6) is 0 Å². The summed E-state index contributed by atoms with van der Waals surface area (Å²) in [6.07, 6.45) is 1.94. The number of anilines is 2. The van der Waals surface area contributed by atoms with Crippen LogP contribution in [0.1, 0.15) is 12.8 Å². The first-order valence-electron chi connectivity index (χ1n) is 9.34. The van der Waals surface area contributed by atoms with Crippen molar-refractivity contribution < 1.29 is 14.4 Å². The standard InChI is InChI=1S/C21H21N3O3S/c25-18(22-15-8-2-1-3-9-15)14-24-16-10-4-5-11-17(16)28-19(21(24)27)20(26)23-12-6-7-13-23/h1-5,8-11,19H,6-7,12-14H2,(H,22,25). The lowest BCUT2D eigenvalue weighted by Gasteiger charge is -2.34. The molecule has 1 unspecified atom stereocenters. The van der Waals surface area contributed by atoms with Gasteiger partial charge in [0.05, 0.1) is 5.69 Å². The lowest BCUT2D eigenvalue weighted by molar-refractivity contribution is -0.134. The summed E-state index contributed by atoms with van der Waals surface area (Å²) in [7, 11) is 0. The average molecular weight is 395 g/mol. The number of carbonyl (C=O) groups is 3. The van der Waals surface area contributed by atoms with Gasteiger partial charge in [-0.3, -0.25) is 14.4 Å². The fraction of sp³-hybridized carbons (Fsp3) is 0.286. The maximum atomic E-state index is 13.2. The van der Waals surface area contributed by atoms with Gasteiger partial charge in [-0.15, -0.1) is 11.8 Å². The quantitative estimate of drug-likeness (QED) is 0.809. The van der Waals surface area contributed by atoms with Crippen molar-refractivity contribution >= 4 is 40.9 Å². The minimum Gasteiger partial charge on any atom is -0.341 e. The van der Waals surface area contributed by atoms with Crippen molar-refractivity contribution in [3.8, 4) is 0 Å². The SMILES string of the molecule is O=C(CN1C(=O)C(C(=O)N2CCCC2)Sc2ccccc21)Nc1ccccc1. The molecule has 1 fully saturated rings. The highest BCUT2D eigenvalue weighted by atomic mass is 32.2. The van der Waals surface area contributed by atoms with Crippen molar-refractivity contribution in [2.45, 2.75) is 23.0 Å². The van der Waals surface area contributed by atoms with Crippen LogP contribution >= 0.6 is 11.8 Å². The second-order valence-electron chi connectivity index (χ2n) is 6.84. The molecule has 2 aromatic rings. The Morgan fingerprint density at radius 2 is 1.68 bits per heavy atom. The van der Waals surface area contributed by atoms with Crippen LogP contribution in [0, 0.1) is 0 Å². The molecule has 0 aromatic heterocycles. The van der Waals surface area contributed by atoms with E-state index in [1.54, 1.807) is 17.0 Å². The summed E-state index contributed by atoms with van der Waals surface area (Å²) < 4.78 is 0. The van der Waals surface area contributed by atoms with Crippen molar-refractivity contribution in [1.29, 1.82) is 0 Å². The van der Waals surface area contributed by atoms with Gasteiger partial charge < -0.3 is 15.1 Å². The lowest BCUT2D eigenvalue weighted by atomic mass is 10.2. The van der Waals surface area contributed by atoms with E-state index in [1.165, 1.54) is 16.7 Å². The molecule has 2 aromatic carbocycles. The van der Waals surface area contributed by atoms with Crippen LogP contribution in [-0.2, 0) is 14.4 Å². The lowest BCUT2D eigenvalue weighted by Crippen LogP contribution is -2.51. The third-order valence-corrected chi connectivity index (χ3v) is 6.13. The summed E-state index contributed by atoms with van der Waals surface area (Å²) in [5.41, 5.74) is 1.34. The molecule has 1 N–H and O–H groups in total. The first-order valence-corrected chi connectivity index (χ1v) is 10.2. The van der Waals surface area contributed by atoms with E-state index >= 15 is 0 Å². The van der Waals surface area contributed by atoms with Crippen molar-refractivity contribution in [2.24, 2.45) is 0 Å². The summed E-state index contributed by atoms with van der Waals surface area (Å²) in [4.78, 5) is 42.6. The number of rotatable bonds is 4. The second-order valence-corrected chi connectivity index (χ2v) is 7.98. The minimum absolute atomic E-state index is 0.130. The van der Waals surface area contributed by atoms with E-state index in [9.17, 15) is 14.4 Å². The number of thioether (sulfide) groups is 1. The molecule has 0 radical (unpaired) electrons. The molecule has 4 rings (SSSR count). The Bertz CT molecular complexity index is 897. The highest BCUT2D eigenvalue weighted by molar-refractivity contribution is 8.01. The molecule has 2 aliphatic heterocycles. The van der Waals surface area contributed by atoms with Crippen LogP contribution in [0.25, 0.3) is 0 Å². The van der Waals surface area contributed by atoms with Crippen molar-refractivity contribution in [3.63, 3.8) is 0 Å². The van der Waals surface area contributed by atoms with Crippen LogP contribution in [0.3, 0.4) is 0 Å². The number of hydrogen-bond donors (Lipinski definition) is 1. The number of fused-ring (bicyclic) bond motifs is 1. The fourth-order valence-corrected chi connectivity index (χ4v) is 4.69. The highest BCUT2D eigenvalue weighted by Gasteiger charge is 2.41. The van der Waals surface area contributed by atoms with Crippen LogP contribution in [0.15, 0.2) is 59.5 Å². The summed E-state index contributed by atoms with van der Waals surface area (Å²) in [6, 6.07) is 16.5. The molecule has 3 amide bonds. The van der Waals surface area contributed by atoms with Crippen LogP contribution in [0.4, 0.5) is 11.4 Å². The molecular formula is C21H21N3O3S. The van der Waals surface area contributed by atoms with Crippen molar-refractivity contribution in [3.05, 3.63) is 54.6 Å². The van der Waals surface area contributed by atoms with Gasteiger partial charge in [-0.25, -0.2) is 0 Å². The molecule has 0 saturated carbocycles. The number of carbonyl (C=O) groups excluding carboxylic acids is 3. The number of benzene rings is 2. The van der Waals surface area contributed by atoms with E-state index in [0.29, 0.717) is 24.5 Å². The van der Waals surface area contributed by atoms with E-state index in [2.05, 4.69) is 5.32 Å². The summed E-state index contributed by atoms with van der Waals surface area (Å²) in [5, 5.41) is 1.97. The summed E-state index contributed by atoms with van der Waals surface area (Å²) >= 11 is 1.28. The normalized spacial score (nSPS) is 18.7. The Hall–Kier alpha value is -2.80. The zero-order valence-corrected chi connectivity index (χ0v) is 16.2. The van der Waals surface area contributed by atoms with Gasteiger partial charge >= 0.3 is 0 Å². The minimum atomic E-state index is -0.836. The zero-order valence-electron chi connectivity index (χ0n) is 15.3.